The van der Waals surface area contributed by atoms with E-state index in [9.17, 15) is 9.90 Å². The van der Waals surface area contributed by atoms with Crippen molar-refractivity contribution < 1.29 is 9.90 Å². The van der Waals surface area contributed by atoms with Crippen molar-refractivity contribution in [3.8, 4) is 0 Å². The number of carboxylic acid groups (broad SMARTS) is 1. The maximum Gasteiger partial charge on any atom is 0.336 e. The van der Waals surface area contributed by atoms with Crippen molar-refractivity contribution in [3.05, 3.63) is 59.2 Å². The molecule has 18 heavy (non-hydrogen) atoms. The Hall–Kier alpha value is -1.74. The molecular weight excluding hydrogens is 244 g/mol. The Morgan fingerprint density at radius 1 is 1.06 bits per heavy atom. The van der Waals surface area contributed by atoms with E-state index in [4.69, 9.17) is 0 Å². The van der Waals surface area contributed by atoms with E-state index in [0.29, 0.717) is 5.56 Å². The Morgan fingerprint density at radius 2 is 1.78 bits per heavy atom. The first-order chi connectivity index (χ1) is 8.56. The molecule has 0 radical (unpaired) electrons. The molecule has 0 fully saturated rings. The smallest absolute Gasteiger partial charge is 0.336 e. The standard InChI is InChI=1S/C15H14O2S/c1-10-4-3-5-12(8-10)18-14-7-6-11(2)9-13(14)15(16)17/h3-9H,1-2H3,(H,16,17). The Balaban J connectivity index is 2.37. The highest BCUT2D eigenvalue weighted by atomic mass is 32.2. The third-order valence-electron chi connectivity index (χ3n) is 2.58. The predicted molar refractivity (Wildman–Crippen MR) is 73.4 cm³/mol. The molecule has 0 aliphatic heterocycles. The summed E-state index contributed by atoms with van der Waals surface area (Å²) in [5.74, 6) is -0.881. The van der Waals surface area contributed by atoms with Gasteiger partial charge in [0.1, 0.15) is 0 Å². The molecule has 0 amide bonds. The van der Waals surface area contributed by atoms with Gasteiger partial charge in [0, 0.05) is 9.79 Å². The fraction of sp³-hybridized carbons (Fsp3) is 0.133. The topological polar surface area (TPSA) is 37.3 Å². The Labute approximate surface area is 111 Å². The SMILES string of the molecule is Cc1cccc(Sc2ccc(C)cc2C(=O)O)c1. The van der Waals surface area contributed by atoms with Crippen LogP contribution in [0.25, 0.3) is 0 Å². The summed E-state index contributed by atoms with van der Waals surface area (Å²) in [5.41, 5.74) is 2.49. The fourth-order valence-corrected chi connectivity index (χ4v) is 2.74. The number of hydrogen-bond acceptors (Lipinski definition) is 2. The number of rotatable bonds is 3. The number of carboxylic acids is 1. The molecule has 0 aliphatic rings. The zero-order chi connectivity index (χ0) is 13.1. The van der Waals surface area contributed by atoms with Crippen LogP contribution in [-0.2, 0) is 0 Å². The second kappa shape index (κ2) is 5.27. The lowest BCUT2D eigenvalue weighted by molar-refractivity contribution is 0.0693. The van der Waals surface area contributed by atoms with Crippen LogP contribution in [0.3, 0.4) is 0 Å². The summed E-state index contributed by atoms with van der Waals surface area (Å²) in [6, 6.07) is 13.6. The zero-order valence-electron chi connectivity index (χ0n) is 10.3. The van der Waals surface area contributed by atoms with E-state index in [1.54, 1.807) is 6.07 Å². The van der Waals surface area contributed by atoms with E-state index in [1.165, 1.54) is 17.3 Å². The number of aromatic carboxylic acids is 1. The zero-order valence-corrected chi connectivity index (χ0v) is 11.1. The fourth-order valence-electron chi connectivity index (χ4n) is 1.71. The normalized spacial score (nSPS) is 10.3. The molecule has 3 heteroatoms. The van der Waals surface area contributed by atoms with E-state index in [-0.39, 0.29) is 0 Å². The van der Waals surface area contributed by atoms with Gasteiger partial charge in [-0.25, -0.2) is 4.79 Å². The van der Waals surface area contributed by atoms with Crippen molar-refractivity contribution in [1.82, 2.24) is 0 Å². The van der Waals surface area contributed by atoms with Crippen LogP contribution in [0.15, 0.2) is 52.3 Å². The Morgan fingerprint density at radius 3 is 2.44 bits per heavy atom. The van der Waals surface area contributed by atoms with Gasteiger partial charge >= 0.3 is 5.97 Å². The van der Waals surface area contributed by atoms with E-state index in [0.717, 1.165) is 15.4 Å². The van der Waals surface area contributed by atoms with Crippen molar-refractivity contribution in [1.29, 1.82) is 0 Å². The lowest BCUT2D eigenvalue weighted by Crippen LogP contribution is -1.99. The van der Waals surface area contributed by atoms with Crippen LogP contribution in [0, 0.1) is 13.8 Å². The highest BCUT2D eigenvalue weighted by Gasteiger charge is 2.11. The number of benzene rings is 2. The van der Waals surface area contributed by atoms with Crippen LogP contribution in [0.5, 0.6) is 0 Å². The van der Waals surface area contributed by atoms with E-state index < -0.39 is 5.97 Å². The highest BCUT2D eigenvalue weighted by Crippen LogP contribution is 2.31. The maximum atomic E-state index is 11.2. The summed E-state index contributed by atoms with van der Waals surface area (Å²) in [5, 5.41) is 9.21. The van der Waals surface area contributed by atoms with Gasteiger partial charge in [-0.2, -0.15) is 0 Å². The lowest BCUT2D eigenvalue weighted by Gasteiger charge is -2.07. The highest BCUT2D eigenvalue weighted by molar-refractivity contribution is 7.99. The molecule has 0 atom stereocenters. The van der Waals surface area contributed by atoms with Gasteiger partial charge in [-0.15, -0.1) is 0 Å². The molecule has 0 heterocycles. The third kappa shape index (κ3) is 2.93. The van der Waals surface area contributed by atoms with Gasteiger partial charge in [-0.1, -0.05) is 41.1 Å². The van der Waals surface area contributed by atoms with E-state index >= 15 is 0 Å². The maximum absolute atomic E-state index is 11.2. The van der Waals surface area contributed by atoms with Crippen LogP contribution in [0.4, 0.5) is 0 Å². The molecule has 0 aliphatic carbocycles. The third-order valence-corrected chi connectivity index (χ3v) is 3.65. The largest absolute Gasteiger partial charge is 0.478 e. The van der Waals surface area contributed by atoms with Gasteiger partial charge < -0.3 is 5.11 Å². The second-order valence-electron chi connectivity index (χ2n) is 4.22. The average molecular weight is 258 g/mol. The monoisotopic (exact) mass is 258 g/mol. The van der Waals surface area contributed by atoms with Crippen LogP contribution in [-0.4, -0.2) is 11.1 Å². The summed E-state index contributed by atoms with van der Waals surface area (Å²) in [6.45, 7) is 3.92. The minimum absolute atomic E-state index is 0.363. The first-order valence-corrected chi connectivity index (χ1v) is 6.46. The Kier molecular flexibility index (Phi) is 3.72. The van der Waals surface area contributed by atoms with Crippen molar-refractivity contribution in [2.45, 2.75) is 23.6 Å². The van der Waals surface area contributed by atoms with Gasteiger partial charge in [0.2, 0.25) is 0 Å². The lowest BCUT2D eigenvalue weighted by atomic mass is 10.1. The van der Waals surface area contributed by atoms with Gasteiger partial charge in [0.05, 0.1) is 5.56 Å². The van der Waals surface area contributed by atoms with Gasteiger partial charge in [-0.05, 0) is 38.1 Å². The van der Waals surface area contributed by atoms with Crippen molar-refractivity contribution in [2.75, 3.05) is 0 Å². The van der Waals surface area contributed by atoms with Crippen LogP contribution < -0.4 is 0 Å². The first kappa shape index (κ1) is 12.7. The quantitative estimate of drug-likeness (QED) is 0.898. The molecular formula is C15H14O2S. The average Bonchev–Trinajstić information content (AvgIpc) is 2.31. The molecule has 0 saturated heterocycles. The van der Waals surface area contributed by atoms with Gasteiger partial charge in [-0.3, -0.25) is 0 Å². The summed E-state index contributed by atoms with van der Waals surface area (Å²) >= 11 is 1.48. The summed E-state index contributed by atoms with van der Waals surface area (Å²) in [4.78, 5) is 13.1. The van der Waals surface area contributed by atoms with Crippen molar-refractivity contribution in [2.24, 2.45) is 0 Å². The molecule has 0 bridgehead atoms. The van der Waals surface area contributed by atoms with Crippen LogP contribution in [0.2, 0.25) is 0 Å². The van der Waals surface area contributed by atoms with Crippen LogP contribution in [0.1, 0.15) is 21.5 Å². The Bertz CT molecular complexity index is 591. The number of hydrogen-bond donors (Lipinski definition) is 1. The van der Waals surface area contributed by atoms with Crippen molar-refractivity contribution >= 4 is 17.7 Å². The van der Waals surface area contributed by atoms with E-state index in [2.05, 4.69) is 6.07 Å². The summed E-state index contributed by atoms with van der Waals surface area (Å²) in [7, 11) is 0. The molecule has 0 unspecified atom stereocenters. The molecule has 0 aromatic heterocycles. The summed E-state index contributed by atoms with van der Waals surface area (Å²) in [6.07, 6.45) is 0. The number of aryl methyl sites for hydroxylation is 2. The summed E-state index contributed by atoms with van der Waals surface area (Å²) < 4.78 is 0. The number of carbonyl (C=O) groups is 1. The molecule has 1 N–H and O–H groups in total. The first-order valence-electron chi connectivity index (χ1n) is 5.65. The molecule has 2 rings (SSSR count). The molecule has 0 spiro atoms. The van der Waals surface area contributed by atoms with Crippen molar-refractivity contribution in [3.63, 3.8) is 0 Å². The molecule has 2 nitrogen and oxygen atoms in total. The molecule has 2 aromatic carbocycles. The molecule has 92 valence electrons. The second-order valence-corrected chi connectivity index (χ2v) is 5.34. The van der Waals surface area contributed by atoms with Crippen LogP contribution >= 0.6 is 11.8 Å². The van der Waals surface area contributed by atoms with Gasteiger partial charge in [0.25, 0.3) is 0 Å². The minimum atomic E-state index is -0.881. The van der Waals surface area contributed by atoms with E-state index in [1.807, 2.05) is 44.2 Å². The molecule has 2 aromatic rings. The minimum Gasteiger partial charge on any atom is -0.478 e. The van der Waals surface area contributed by atoms with Gasteiger partial charge in [0.15, 0.2) is 0 Å². The molecule has 0 saturated carbocycles. The predicted octanol–water partition coefficient (Wildman–Crippen LogP) is 4.15.